The maximum Gasteiger partial charge on any atom is 0.114 e. The Labute approximate surface area is 159 Å². The van der Waals surface area contributed by atoms with Gasteiger partial charge in [-0.1, -0.05) is 41.9 Å². The van der Waals surface area contributed by atoms with Crippen LogP contribution in [0.25, 0.3) is 11.0 Å². The van der Waals surface area contributed by atoms with Gasteiger partial charge in [0.15, 0.2) is 0 Å². The van der Waals surface area contributed by atoms with E-state index < -0.39 is 0 Å². The maximum absolute atomic E-state index is 6.18. The van der Waals surface area contributed by atoms with E-state index in [0.29, 0.717) is 0 Å². The Morgan fingerprint density at radius 3 is 2.62 bits per heavy atom. The molecule has 0 unspecified atom stereocenters. The van der Waals surface area contributed by atoms with Crippen LogP contribution in [0.3, 0.4) is 0 Å². The van der Waals surface area contributed by atoms with E-state index in [1.165, 1.54) is 11.1 Å². The zero-order valence-electron chi connectivity index (χ0n) is 14.9. The number of benzene rings is 2. The van der Waals surface area contributed by atoms with Crippen molar-refractivity contribution in [3.05, 3.63) is 64.9 Å². The Morgan fingerprint density at radius 1 is 1.00 bits per heavy atom. The summed E-state index contributed by atoms with van der Waals surface area (Å²) in [7, 11) is 0. The Kier molecular flexibility index (Phi) is 5.54. The number of rotatable bonds is 6. The summed E-state index contributed by atoms with van der Waals surface area (Å²) in [5, 5.41) is 0.738. The van der Waals surface area contributed by atoms with Crippen LogP contribution in [0.15, 0.2) is 48.5 Å². The van der Waals surface area contributed by atoms with Crippen molar-refractivity contribution in [3.63, 3.8) is 0 Å². The van der Waals surface area contributed by atoms with Crippen molar-refractivity contribution >= 4 is 22.6 Å². The van der Waals surface area contributed by atoms with Gasteiger partial charge in [0.05, 0.1) is 24.2 Å². The first kappa shape index (κ1) is 17.5. The standard InChI is InChI=1S/C21H24ClN3O/c22-18-7-8-20-19(16-18)23-21(15-17-5-2-1-3-6-17)25(20)10-4-9-24-11-13-26-14-12-24/h1-3,5-8,16H,4,9-15H2. The highest BCUT2D eigenvalue weighted by Gasteiger charge is 2.14. The van der Waals surface area contributed by atoms with Crippen molar-refractivity contribution in [2.24, 2.45) is 0 Å². The number of hydrogen-bond acceptors (Lipinski definition) is 3. The molecule has 2 aromatic carbocycles. The second kappa shape index (κ2) is 8.21. The van der Waals surface area contributed by atoms with Crippen molar-refractivity contribution in [1.82, 2.24) is 14.5 Å². The van der Waals surface area contributed by atoms with Gasteiger partial charge in [-0.2, -0.15) is 0 Å². The lowest BCUT2D eigenvalue weighted by Crippen LogP contribution is -2.37. The fraction of sp³-hybridized carbons (Fsp3) is 0.381. The first-order valence-electron chi connectivity index (χ1n) is 9.28. The quantitative estimate of drug-likeness (QED) is 0.657. The Morgan fingerprint density at radius 2 is 1.81 bits per heavy atom. The average molecular weight is 370 g/mol. The highest BCUT2D eigenvalue weighted by Crippen LogP contribution is 2.22. The van der Waals surface area contributed by atoms with Gasteiger partial charge in [-0.25, -0.2) is 4.98 Å². The topological polar surface area (TPSA) is 30.3 Å². The molecule has 0 spiro atoms. The van der Waals surface area contributed by atoms with E-state index >= 15 is 0 Å². The number of aromatic nitrogens is 2. The molecule has 1 fully saturated rings. The SMILES string of the molecule is Clc1ccc2c(c1)nc(Cc1ccccc1)n2CCCN1CCOCC1. The van der Waals surface area contributed by atoms with Crippen LogP contribution < -0.4 is 0 Å². The first-order valence-corrected chi connectivity index (χ1v) is 9.66. The Bertz CT molecular complexity index is 856. The summed E-state index contributed by atoms with van der Waals surface area (Å²) in [5.74, 6) is 1.11. The van der Waals surface area contributed by atoms with E-state index in [-0.39, 0.29) is 0 Å². The van der Waals surface area contributed by atoms with E-state index in [1.54, 1.807) is 0 Å². The van der Waals surface area contributed by atoms with Gasteiger partial charge in [0.25, 0.3) is 0 Å². The molecule has 0 atom stereocenters. The summed E-state index contributed by atoms with van der Waals surface area (Å²) in [6.45, 7) is 5.85. The second-order valence-electron chi connectivity index (χ2n) is 6.78. The van der Waals surface area contributed by atoms with Gasteiger partial charge in [-0.15, -0.1) is 0 Å². The molecule has 0 N–H and O–H groups in total. The van der Waals surface area contributed by atoms with Gasteiger partial charge in [0.2, 0.25) is 0 Å². The molecule has 136 valence electrons. The molecule has 1 saturated heterocycles. The van der Waals surface area contributed by atoms with Gasteiger partial charge in [-0.3, -0.25) is 4.90 Å². The molecule has 0 saturated carbocycles. The number of hydrogen-bond donors (Lipinski definition) is 0. The van der Waals surface area contributed by atoms with Crippen molar-refractivity contribution in [2.75, 3.05) is 32.8 Å². The number of morpholine rings is 1. The maximum atomic E-state index is 6.18. The first-order chi connectivity index (χ1) is 12.8. The zero-order valence-corrected chi connectivity index (χ0v) is 15.7. The third kappa shape index (κ3) is 4.09. The molecule has 0 radical (unpaired) electrons. The van der Waals surface area contributed by atoms with Crippen LogP contribution >= 0.6 is 11.6 Å². The van der Waals surface area contributed by atoms with Gasteiger partial charge < -0.3 is 9.30 Å². The van der Waals surface area contributed by atoms with Crippen LogP contribution in [0.1, 0.15) is 17.8 Å². The lowest BCUT2D eigenvalue weighted by Gasteiger charge is -2.26. The number of imidazole rings is 1. The van der Waals surface area contributed by atoms with Gasteiger partial charge in [-0.05, 0) is 30.2 Å². The molecular formula is C21H24ClN3O. The molecule has 4 rings (SSSR count). The molecule has 0 aliphatic carbocycles. The van der Waals surface area contributed by atoms with Gasteiger partial charge >= 0.3 is 0 Å². The van der Waals surface area contributed by atoms with Gasteiger partial charge in [0.1, 0.15) is 5.82 Å². The summed E-state index contributed by atoms with van der Waals surface area (Å²) >= 11 is 6.18. The Balaban J connectivity index is 1.55. The van der Waals surface area contributed by atoms with Crippen molar-refractivity contribution < 1.29 is 4.74 Å². The molecule has 3 aromatic rings. The highest BCUT2D eigenvalue weighted by atomic mass is 35.5. The lowest BCUT2D eigenvalue weighted by atomic mass is 10.1. The fourth-order valence-electron chi connectivity index (χ4n) is 3.59. The smallest absolute Gasteiger partial charge is 0.114 e. The number of fused-ring (bicyclic) bond motifs is 1. The minimum absolute atomic E-state index is 0.738. The van der Waals surface area contributed by atoms with Gasteiger partial charge in [0, 0.05) is 37.6 Å². The van der Waals surface area contributed by atoms with Crippen molar-refractivity contribution in [3.8, 4) is 0 Å². The molecule has 4 nitrogen and oxygen atoms in total. The van der Waals surface area contributed by atoms with Crippen LogP contribution in [-0.2, 0) is 17.7 Å². The zero-order chi connectivity index (χ0) is 17.8. The van der Waals surface area contributed by atoms with E-state index in [9.17, 15) is 0 Å². The molecule has 0 bridgehead atoms. The monoisotopic (exact) mass is 369 g/mol. The number of nitrogens with zero attached hydrogens (tertiary/aromatic N) is 3. The normalized spacial score (nSPS) is 15.6. The predicted octanol–water partition coefficient (Wildman–Crippen LogP) is 4.00. The molecule has 1 aromatic heterocycles. The molecule has 1 aliphatic heterocycles. The minimum Gasteiger partial charge on any atom is -0.379 e. The van der Waals surface area contributed by atoms with E-state index in [2.05, 4.69) is 45.9 Å². The largest absolute Gasteiger partial charge is 0.379 e. The van der Waals surface area contributed by atoms with Crippen LogP contribution in [0, 0.1) is 0 Å². The van der Waals surface area contributed by atoms with Crippen LogP contribution in [0.5, 0.6) is 0 Å². The Hall–Kier alpha value is -1.88. The summed E-state index contributed by atoms with van der Waals surface area (Å²) in [5.41, 5.74) is 3.43. The molecule has 5 heteroatoms. The predicted molar refractivity (Wildman–Crippen MR) is 106 cm³/mol. The average Bonchev–Trinajstić information content (AvgIpc) is 3.00. The molecule has 1 aliphatic rings. The third-order valence-electron chi connectivity index (χ3n) is 4.95. The van der Waals surface area contributed by atoms with Crippen LogP contribution in [0.2, 0.25) is 5.02 Å². The summed E-state index contributed by atoms with van der Waals surface area (Å²) in [6.07, 6.45) is 1.95. The fourth-order valence-corrected chi connectivity index (χ4v) is 3.76. The molecular weight excluding hydrogens is 346 g/mol. The molecule has 2 heterocycles. The molecule has 0 amide bonds. The molecule has 26 heavy (non-hydrogen) atoms. The summed E-state index contributed by atoms with van der Waals surface area (Å²) < 4.78 is 7.80. The van der Waals surface area contributed by atoms with Crippen LogP contribution in [0.4, 0.5) is 0 Å². The second-order valence-corrected chi connectivity index (χ2v) is 7.22. The van der Waals surface area contributed by atoms with Crippen molar-refractivity contribution in [1.29, 1.82) is 0 Å². The number of aryl methyl sites for hydroxylation is 1. The minimum atomic E-state index is 0.738. The van der Waals surface area contributed by atoms with E-state index in [0.717, 1.165) is 68.6 Å². The summed E-state index contributed by atoms with van der Waals surface area (Å²) in [4.78, 5) is 7.36. The van der Waals surface area contributed by atoms with E-state index in [1.807, 2.05) is 12.1 Å². The lowest BCUT2D eigenvalue weighted by molar-refractivity contribution is 0.0369. The number of ether oxygens (including phenoxy) is 1. The van der Waals surface area contributed by atoms with E-state index in [4.69, 9.17) is 21.3 Å². The van der Waals surface area contributed by atoms with Crippen LogP contribution in [-0.4, -0.2) is 47.3 Å². The highest BCUT2D eigenvalue weighted by molar-refractivity contribution is 6.31. The summed E-state index contributed by atoms with van der Waals surface area (Å²) in [6, 6.07) is 16.5. The van der Waals surface area contributed by atoms with Crippen molar-refractivity contribution in [2.45, 2.75) is 19.4 Å². The third-order valence-corrected chi connectivity index (χ3v) is 5.19. The number of halogens is 1.